The van der Waals surface area contributed by atoms with Crippen molar-refractivity contribution in [2.45, 2.75) is 6.04 Å². The molecule has 2 heterocycles. The van der Waals surface area contributed by atoms with Gasteiger partial charge in [-0.05, 0) is 42.0 Å². The predicted octanol–water partition coefficient (Wildman–Crippen LogP) is 2.37. The number of carbonyl (C=O) groups excluding carboxylic acids is 1. The molecule has 6 nitrogen and oxygen atoms in total. The third kappa shape index (κ3) is 2.83. The Hall–Kier alpha value is -2.86. The van der Waals surface area contributed by atoms with E-state index in [1.165, 1.54) is 0 Å². The minimum Gasteiger partial charge on any atom is -0.497 e. The molecule has 0 radical (unpaired) electrons. The number of carbonyl (C=O) groups is 1. The largest absolute Gasteiger partial charge is 0.497 e. The zero-order chi connectivity index (χ0) is 17.1. The minimum atomic E-state index is -0.329. The number of aldehydes is 1. The number of pyridine rings is 1. The van der Waals surface area contributed by atoms with Gasteiger partial charge in [0.15, 0.2) is 0 Å². The molecular weight excluding hydrogens is 306 g/mol. The highest BCUT2D eigenvalue weighted by Gasteiger charge is 2.31. The van der Waals surface area contributed by atoms with Gasteiger partial charge in [0.1, 0.15) is 18.1 Å². The second kappa shape index (κ2) is 6.72. The summed E-state index contributed by atoms with van der Waals surface area (Å²) in [6.45, 7) is 0. The van der Waals surface area contributed by atoms with Crippen molar-refractivity contribution in [1.82, 2.24) is 9.99 Å². The van der Waals surface area contributed by atoms with Crippen LogP contribution in [0.2, 0.25) is 0 Å². The Labute approximate surface area is 140 Å². The number of hydrogen-bond acceptors (Lipinski definition) is 6. The van der Waals surface area contributed by atoms with E-state index in [0.29, 0.717) is 5.88 Å². The SMILES string of the molecule is COc1ccc(C2=CC(C=O)N(C)N2c2ccc(OC)nc2)cc1. The summed E-state index contributed by atoms with van der Waals surface area (Å²) in [7, 11) is 5.08. The molecular formula is C18H19N3O3. The Bertz CT molecular complexity index is 741. The number of anilines is 1. The number of likely N-dealkylation sites (N-methyl/N-ethyl adjacent to an activating group) is 1. The van der Waals surface area contributed by atoms with Gasteiger partial charge in [0.2, 0.25) is 5.88 Å². The zero-order valence-electron chi connectivity index (χ0n) is 13.8. The molecule has 0 amide bonds. The van der Waals surface area contributed by atoms with Gasteiger partial charge in [-0.3, -0.25) is 5.01 Å². The van der Waals surface area contributed by atoms with Gasteiger partial charge >= 0.3 is 0 Å². The van der Waals surface area contributed by atoms with E-state index in [1.54, 1.807) is 26.5 Å². The van der Waals surface area contributed by atoms with Gasteiger partial charge in [-0.15, -0.1) is 0 Å². The van der Waals surface area contributed by atoms with Crippen molar-refractivity contribution >= 4 is 17.7 Å². The Morgan fingerprint density at radius 3 is 2.38 bits per heavy atom. The molecule has 0 fully saturated rings. The van der Waals surface area contributed by atoms with Crippen molar-refractivity contribution in [3.05, 3.63) is 54.2 Å². The Kier molecular flexibility index (Phi) is 4.48. The fourth-order valence-electron chi connectivity index (χ4n) is 2.69. The maximum atomic E-state index is 11.4. The average molecular weight is 325 g/mol. The first-order chi connectivity index (χ1) is 11.7. The molecule has 0 saturated carbocycles. The molecule has 1 aliphatic heterocycles. The van der Waals surface area contributed by atoms with Crippen LogP contribution >= 0.6 is 0 Å². The summed E-state index contributed by atoms with van der Waals surface area (Å²) >= 11 is 0. The summed E-state index contributed by atoms with van der Waals surface area (Å²) in [6, 6.07) is 11.1. The van der Waals surface area contributed by atoms with Gasteiger partial charge in [-0.2, -0.15) is 0 Å². The van der Waals surface area contributed by atoms with Crippen LogP contribution in [0, 0.1) is 0 Å². The molecule has 24 heavy (non-hydrogen) atoms. The number of hydrazine groups is 1. The van der Waals surface area contributed by atoms with Gasteiger partial charge < -0.3 is 14.3 Å². The van der Waals surface area contributed by atoms with Crippen molar-refractivity contribution in [1.29, 1.82) is 0 Å². The van der Waals surface area contributed by atoms with Crippen LogP contribution in [0.5, 0.6) is 11.6 Å². The van der Waals surface area contributed by atoms with Gasteiger partial charge in [-0.25, -0.2) is 9.99 Å². The summed E-state index contributed by atoms with van der Waals surface area (Å²) in [6.07, 6.45) is 4.57. The molecule has 3 rings (SSSR count). The van der Waals surface area contributed by atoms with Gasteiger partial charge in [0, 0.05) is 13.1 Å². The summed E-state index contributed by atoms with van der Waals surface area (Å²) in [5, 5.41) is 3.84. The average Bonchev–Trinajstić information content (AvgIpc) is 2.98. The first kappa shape index (κ1) is 16.0. The van der Waals surface area contributed by atoms with Crippen LogP contribution in [0.25, 0.3) is 5.70 Å². The van der Waals surface area contributed by atoms with E-state index in [-0.39, 0.29) is 6.04 Å². The van der Waals surface area contributed by atoms with Crippen molar-refractivity contribution in [2.24, 2.45) is 0 Å². The summed E-state index contributed by atoms with van der Waals surface area (Å²) in [5.41, 5.74) is 2.76. The molecule has 0 bridgehead atoms. The molecule has 2 aromatic rings. The highest BCUT2D eigenvalue weighted by atomic mass is 16.5. The number of benzene rings is 1. The topological polar surface area (TPSA) is 54.9 Å². The van der Waals surface area contributed by atoms with Crippen molar-refractivity contribution in [3.63, 3.8) is 0 Å². The lowest BCUT2D eigenvalue weighted by Gasteiger charge is -2.31. The van der Waals surface area contributed by atoms with Crippen LogP contribution in [0.15, 0.2) is 48.7 Å². The number of nitrogens with zero attached hydrogens (tertiary/aromatic N) is 3. The van der Waals surface area contributed by atoms with Gasteiger partial charge in [0.25, 0.3) is 0 Å². The van der Waals surface area contributed by atoms with E-state index in [2.05, 4.69) is 4.98 Å². The van der Waals surface area contributed by atoms with E-state index < -0.39 is 0 Å². The van der Waals surface area contributed by atoms with E-state index >= 15 is 0 Å². The third-order valence-corrected chi connectivity index (χ3v) is 4.00. The van der Waals surface area contributed by atoms with Gasteiger partial charge in [0.05, 0.1) is 31.8 Å². The zero-order valence-corrected chi connectivity index (χ0v) is 13.8. The van der Waals surface area contributed by atoms with E-state index in [0.717, 1.165) is 29.0 Å². The normalized spacial score (nSPS) is 17.5. The van der Waals surface area contributed by atoms with Crippen LogP contribution in [0.4, 0.5) is 5.69 Å². The second-order valence-electron chi connectivity index (χ2n) is 5.35. The summed E-state index contributed by atoms with van der Waals surface area (Å²) in [4.78, 5) is 15.7. The van der Waals surface area contributed by atoms with Crippen LogP contribution in [0.3, 0.4) is 0 Å². The first-order valence-corrected chi connectivity index (χ1v) is 7.52. The monoisotopic (exact) mass is 325 g/mol. The number of aromatic nitrogens is 1. The van der Waals surface area contributed by atoms with E-state index in [9.17, 15) is 4.79 Å². The third-order valence-electron chi connectivity index (χ3n) is 4.00. The molecule has 1 aromatic heterocycles. The molecule has 1 aromatic carbocycles. The summed E-state index contributed by atoms with van der Waals surface area (Å²) < 4.78 is 10.3. The number of methoxy groups -OCH3 is 2. The maximum absolute atomic E-state index is 11.4. The van der Waals surface area contributed by atoms with Crippen molar-refractivity contribution < 1.29 is 14.3 Å². The first-order valence-electron chi connectivity index (χ1n) is 7.52. The van der Waals surface area contributed by atoms with Crippen molar-refractivity contribution in [2.75, 3.05) is 26.3 Å². The molecule has 0 spiro atoms. The minimum absolute atomic E-state index is 0.329. The molecule has 1 atom stereocenters. The molecule has 0 aliphatic carbocycles. The standard InChI is InChI=1S/C18H19N3O3/c1-20-15(12-22)10-17(13-4-7-16(23-2)8-5-13)21(20)14-6-9-18(24-3)19-11-14/h4-12,15H,1-3H3. The smallest absolute Gasteiger partial charge is 0.213 e. The Morgan fingerprint density at radius 1 is 1.08 bits per heavy atom. The molecule has 124 valence electrons. The molecule has 1 aliphatic rings. The highest BCUT2D eigenvalue weighted by Crippen LogP contribution is 2.34. The molecule has 0 saturated heterocycles. The Balaban J connectivity index is 2.00. The quantitative estimate of drug-likeness (QED) is 0.787. The lowest BCUT2D eigenvalue weighted by molar-refractivity contribution is -0.110. The lowest BCUT2D eigenvalue weighted by Crippen LogP contribution is -2.39. The van der Waals surface area contributed by atoms with E-state index in [4.69, 9.17) is 9.47 Å². The lowest BCUT2D eigenvalue weighted by atomic mass is 10.1. The number of hydrogen-bond donors (Lipinski definition) is 0. The predicted molar refractivity (Wildman–Crippen MR) is 91.9 cm³/mol. The highest BCUT2D eigenvalue weighted by molar-refractivity contribution is 5.85. The fraction of sp³-hybridized carbons (Fsp3) is 0.222. The van der Waals surface area contributed by atoms with Crippen molar-refractivity contribution in [3.8, 4) is 11.6 Å². The Morgan fingerprint density at radius 2 is 1.83 bits per heavy atom. The van der Waals surface area contributed by atoms with Crippen LogP contribution in [-0.2, 0) is 4.79 Å². The van der Waals surface area contributed by atoms with Gasteiger partial charge in [-0.1, -0.05) is 0 Å². The fourth-order valence-corrected chi connectivity index (χ4v) is 2.69. The molecule has 6 heteroatoms. The number of rotatable bonds is 5. The van der Waals surface area contributed by atoms with Crippen LogP contribution < -0.4 is 14.5 Å². The molecule has 1 unspecified atom stereocenters. The van der Waals surface area contributed by atoms with E-state index in [1.807, 2.05) is 53.5 Å². The maximum Gasteiger partial charge on any atom is 0.213 e. The second-order valence-corrected chi connectivity index (χ2v) is 5.35. The number of ether oxygens (including phenoxy) is 2. The molecule has 0 N–H and O–H groups in total. The van der Waals surface area contributed by atoms with Crippen LogP contribution in [0.1, 0.15) is 5.56 Å². The summed E-state index contributed by atoms with van der Waals surface area (Å²) in [5.74, 6) is 1.33. The van der Waals surface area contributed by atoms with Crippen LogP contribution in [-0.4, -0.2) is 43.6 Å².